The highest BCUT2D eigenvalue weighted by Crippen LogP contribution is 2.47. The van der Waals surface area contributed by atoms with Gasteiger partial charge in [-0.1, -0.05) is 42.8 Å². The molecule has 4 N–H and O–H groups in total. The Morgan fingerprint density at radius 3 is 2.40 bits per heavy atom. The minimum absolute atomic E-state index is 0.132. The van der Waals surface area contributed by atoms with Crippen molar-refractivity contribution in [2.24, 2.45) is 0 Å². The molecular formula is C23H27ClO6. The predicted octanol–water partition coefficient (Wildman–Crippen LogP) is 2.04. The van der Waals surface area contributed by atoms with Crippen molar-refractivity contribution in [1.29, 1.82) is 0 Å². The van der Waals surface area contributed by atoms with Crippen LogP contribution in [0.5, 0.6) is 0 Å². The number of hydrogen-bond donors (Lipinski definition) is 4. The summed E-state index contributed by atoms with van der Waals surface area (Å²) in [7, 11) is 0. The Morgan fingerprint density at radius 2 is 1.77 bits per heavy atom. The first-order valence-electron chi connectivity index (χ1n) is 10.2. The molecule has 2 aliphatic rings. The second-order valence-electron chi connectivity index (χ2n) is 8.15. The molecule has 0 bridgehead atoms. The second kappa shape index (κ2) is 8.20. The topological polar surface area (TPSA) is 99.4 Å². The minimum Gasteiger partial charge on any atom is -0.391 e. The molecule has 162 valence electrons. The van der Waals surface area contributed by atoms with Crippen molar-refractivity contribution in [3.63, 3.8) is 0 Å². The van der Waals surface area contributed by atoms with Crippen LogP contribution >= 0.6 is 11.6 Å². The van der Waals surface area contributed by atoms with Gasteiger partial charge in [-0.2, -0.15) is 0 Å². The standard InChI is InChI=1S/C23H27ClO6/c1-3-13-4-6-14(7-5-13)8-15-9-17-16(10-18(15)24)11-29-23(17)22(28)20(27)19(26)21(30-23)12(2)25/h4-7,9-10,12,19-22,25-28H,3,8,11H2,1-2H3/t12-,19+,20+,21-,22-,23+/m1/s1. The molecule has 1 fully saturated rings. The predicted molar refractivity (Wildman–Crippen MR) is 111 cm³/mol. The fourth-order valence-electron chi connectivity index (χ4n) is 4.29. The van der Waals surface area contributed by atoms with E-state index in [1.54, 1.807) is 6.07 Å². The largest absolute Gasteiger partial charge is 0.391 e. The summed E-state index contributed by atoms with van der Waals surface area (Å²) in [5, 5.41) is 42.0. The normalized spacial score (nSPS) is 31.7. The molecule has 0 aromatic heterocycles. The van der Waals surface area contributed by atoms with Crippen molar-refractivity contribution in [3.8, 4) is 0 Å². The van der Waals surface area contributed by atoms with Gasteiger partial charge in [0.25, 0.3) is 0 Å². The molecule has 0 aliphatic carbocycles. The summed E-state index contributed by atoms with van der Waals surface area (Å²) in [5.74, 6) is -1.68. The van der Waals surface area contributed by atoms with Crippen molar-refractivity contribution in [2.75, 3.05) is 0 Å². The number of aliphatic hydroxyl groups excluding tert-OH is 4. The Bertz CT molecular complexity index is 915. The molecule has 30 heavy (non-hydrogen) atoms. The number of fused-ring (bicyclic) bond motifs is 2. The van der Waals surface area contributed by atoms with Gasteiger partial charge in [0, 0.05) is 10.6 Å². The quantitative estimate of drug-likeness (QED) is 0.587. The molecule has 4 rings (SSSR count). The van der Waals surface area contributed by atoms with E-state index in [2.05, 4.69) is 31.2 Å². The lowest BCUT2D eigenvalue weighted by atomic mass is 9.85. The molecule has 2 heterocycles. The van der Waals surface area contributed by atoms with Crippen LogP contribution in [0, 0.1) is 0 Å². The average molecular weight is 435 g/mol. The molecule has 6 nitrogen and oxygen atoms in total. The van der Waals surface area contributed by atoms with Crippen molar-refractivity contribution in [1.82, 2.24) is 0 Å². The van der Waals surface area contributed by atoms with Crippen LogP contribution in [0.2, 0.25) is 5.02 Å². The zero-order valence-electron chi connectivity index (χ0n) is 17.0. The lowest BCUT2D eigenvalue weighted by molar-refractivity contribution is -0.374. The molecule has 2 aromatic carbocycles. The van der Waals surface area contributed by atoms with Gasteiger partial charge < -0.3 is 29.9 Å². The van der Waals surface area contributed by atoms with E-state index in [0.717, 1.165) is 23.1 Å². The molecule has 0 saturated carbocycles. The number of aliphatic hydroxyl groups is 4. The van der Waals surface area contributed by atoms with E-state index < -0.39 is 36.3 Å². The third-order valence-electron chi connectivity index (χ3n) is 6.10. The zero-order valence-corrected chi connectivity index (χ0v) is 17.7. The number of aryl methyl sites for hydroxylation is 1. The first-order chi connectivity index (χ1) is 14.3. The van der Waals surface area contributed by atoms with Gasteiger partial charge in [-0.05, 0) is 54.2 Å². The molecule has 1 saturated heterocycles. The molecule has 7 heteroatoms. The number of benzene rings is 2. The smallest absolute Gasteiger partial charge is 0.225 e. The summed E-state index contributed by atoms with van der Waals surface area (Å²) < 4.78 is 11.8. The van der Waals surface area contributed by atoms with Gasteiger partial charge in [-0.15, -0.1) is 0 Å². The average Bonchev–Trinajstić information content (AvgIpc) is 3.08. The molecule has 0 amide bonds. The van der Waals surface area contributed by atoms with Crippen molar-refractivity contribution in [2.45, 2.75) is 69.6 Å². The molecule has 0 radical (unpaired) electrons. The van der Waals surface area contributed by atoms with E-state index in [1.165, 1.54) is 12.5 Å². The fraction of sp³-hybridized carbons (Fsp3) is 0.478. The summed E-state index contributed by atoms with van der Waals surface area (Å²) in [6.45, 7) is 3.69. The van der Waals surface area contributed by atoms with Gasteiger partial charge in [-0.3, -0.25) is 0 Å². The second-order valence-corrected chi connectivity index (χ2v) is 8.56. The number of rotatable bonds is 4. The van der Waals surface area contributed by atoms with Gasteiger partial charge in [0.05, 0.1) is 12.7 Å². The SMILES string of the molecule is CCc1ccc(Cc2cc3c(cc2Cl)CO[C@]32O[C@H]([C@@H](C)O)[C@@H](O)[C@H](O)[C@H]2O)cc1. The monoisotopic (exact) mass is 434 g/mol. The van der Waals surface area contributed by atoms with Crippen LogP contribution in [0.25, 0.3) is 0 Å². The number of halogens is 1. The highest BCUT2D eigenvalue weighted by molar-refractivity contribution is 6.31. The van der Waals surface area contributed by atoms with E-state index in [1.807, 2.05) is 6.07 Å². The van der Waals surface area contributed by atoms with Gasteiger partial charge in [0.1, 0.15) is 24.4 Å². The molecular weight excluding hydrogens is 408 g/mol. The minimum atomic E-state index is -1.68. The molecule has 2 aromatic rings. The van der Waals surface area contributed by atoms with Crippen LogP contribution in [0.3, 0.4) is 0 Å². The maximum Gasteiger partial charge on any atom is 0.225 e. The van der Waals surface area contributed by atoms with E-state index in [0.29, 0.717) is 17.0 Å². The zero-order chi connectivity index (χ0) is 21.6. The van der Waals surface area contributed by atoms with E-state index in [9.17, 15) is 20.4 Å². The van der Waals surface area contributed by atoms with Crippen LogP contribution in [0.1, 0.15) is 41.7 Å². The Balaban J connectivity index is 1.72. The van der Waals surface area contributed by atoms with Crippen molar-refractivity contribution < 1.29 is 29.9 Å². The molecule has 6 atom stereocenters. The Kier molecular flexibility index (Phi) is 5.94. The Hall–Kier alpha value is -1.51. The van der Waals surface area contributed by atoms with Crippen LogP contribution in [-0.2, 0) is 34.7 Å². The van der Waals surface area contributed by atoms with Gasteiger partial charge in [0.2, 0.25) is 5.79 Å². The van der Waals surface area contributed by atoms with Crippen LogP contribution in [0.15, 0.2) is 36.4 Å². The lowest BCUT2D eigenvalue weighted by Gasteiger charge is -2.47. The molecule has 2 aliphatic heterocycles. The highest BCUT2D eigenvalue weighted by Gasteiger charge is 2.59. The molecule has 1 spiro atoms. The van der Waals surface area contributed by atoms with Crippen molar-refractivity contribution in [3.05, 3.63) is 69.2 Å². The van der Waals surface area contributed by atoms with Crippen LogP contribution < -0.4 is 0 Å². The third-order valence-corrected chi connectivity index (χ3v) is 6.45. The maximum absolute atomic E-state index is 10.8. The fourth-order valence-corrected chi connectivity index (χ4v) is 4.54. The summed E-state index contributed by atoms with van der Waals surface area (Å²) in [6, 6.07) is 11.9. The Morgan fingerprint density at radius 1 is 1.10 bits per heavy atom. The highest BCUT2D eigenvalue weighted by atomic mass is 35.5. The Labute approximate surface area is 180 Å². The van der Waals surface area contributed by atoms with Crippen LogP contribution in [0.4, 0.5) is 0 Å². The number of hydrogen-bond acceptors (Lipinski definition) is 6. The molecule has 0 unspecified atom stereocenters. The van der Waals surface area contributed by atoms with Gasteiger partial charge in [-0.25, -0.2) is 0 Å². The van der Waals surface area contributed by atoms with Gasteiger partial charge in [0.15, 0.2) is 0 Å². The summed E-state index contributed by atoms with van der Waals surface area (Å²) in [4.78, 5) is 0. The maximum atomic E-state index is 10.8. The van der Waals surface area contributed by atoms with Crippen molar-refractivity contribution >= 4 is 11.6 Å². The first-order valence-corrected chi connectivity index (χ1v) is 10.6. The van der Waals surface area contributed by atoms with Gasteiger partial charge >= 0.3 is 0 Å². The third kappa shape index (κ3) is 3.56. The number of ether oxygens (including phenoxy) is 2. The summed E-state index contributed by atoms with van der Waals surface area (Å²) in [6.07, 6.45) is -5.15. The summed E-state index contributed by atoms with van der Waals surface area (Å²) >= 11 is 6.52. The lowest BCUT2D eigenvalue weighted by Crippen LogP contribution is -2.64. The van der Waals surface area contributed by atoms with E-state index >= 15 is 0 Å². The summed E-state index contributed by atoms with van der Waals surface area (Å²) in [5.41, 5.74) is 4.45. The van der Waals surface area contributed by atoms with Crippen LogP contribution in [-0.4, -0.2) is 50.9 Å². The van der Waals surface area contributed by atoms with E-state index in [-0.39, 0.29) is 6.61 Å². The van der Waals surface area contributed by atoms with E-state index in [4.69, 9.17) is 21.1 Å². The first kappa shape index (κ1) is 21.7.